The molecule has 2 aromatic rings. The molecule has 33 heavy (non-hydrogen) atoms. The van der Waals surface area contributed by atoms with Crippen molar-refractivity contribution in [1.82, 2.24) is 10.6 Å². The zero-order valence-corrected chi connectivity index (χ0v) is 18.5. The van der Waals surface area contributed by atoms with Gasteiger partial charge in [0, 0.05) is 19.1 Å². The molecule has 2 aromatic carbocycles. The first-order valence-corrected chi connectivity index (χ1v) is 11.1. The summed E-state index contributed by atoms with van der Waals surface area (Å²) < 4.78 is 11.1. The Balaban J connectivity index is 1.39. The molecule has 4 rings (SSSR count). The van der Waals surface area contributed by atoms with Gasteiger partial charge >= 0.3 is 12.1 Å². The van der Waals surface area contributed by atoms with Crippen LogP contribution in [0.2, 0.25) is 0 Å². The molecule has 1 unspecified atom stereocenters. The molecule has 0 spiro atoms. The largest absolute Gasteiger partial charge is 0.480 e. The van der Waals surface area contributed by atoms with E-state index in [1.807, 2.05) is 36.4 Å². The summed E-state index contributed by atoms with van der Waals surface area (Å²) in [5, 5.41) is 14.3. The minimum Gasteiger partial charge on any atom is -0.480 e. The number of carbonyl (C=O) groups is 3. The van der Waals surface area contributed by atoms with E-state index in [2.05, 4.69) is 22.8 Å². The number of ether oxygens (including phenoxy) is 2. The van der Waals surface area contributed by atoms with Crippen molar-refractivity contribution >= 4 is 18.0 Å². The maximum Gasteiger partial charge on any atom is 0.407 e. The summed E-state index contributed by atoms with van der Waals surface area (Å²) in [6, 6.07) is 15.1. The quantitative estimate of drug-likeness (QED) is 0.595. The zero-order valence-electron chi connectivity index (χ0n) is 18.5. The highest BCUT2D eigenvalue weighted by Gasteiger charge is 2.42. The van der Waals surface area contributed by atoms with Crippen LogP contribution >= 0.6 is 0 Å². The fourth-order valence-corrected chi connectivity index (χ4v) is 4.55. The number of benzene rings is 2. The van der Waals surface area contributed by atoms with Gasteiger partial charge in [0.25, 0.3) is 0 Å². The third-order valence-corrected chi connectivity index (χ3v) is 6.44. The lowest BCUT2D eigenvalue weighted by molar-refractivity contribution is -0.146. The SMILES string of the molecule is C[C@@H](NC(=O)C1(CNC(=O)OCC2c3ccccc3-c3ccccc32)CCCOC1)C(=O)O. The van der Waals surface area contributed by atoms with Gasteiger partial charge in [-0.3, -0.25) is 9.59 Å². The number of carbonyl (C=O) groups excluding carboxylic acids is 2. The maximum atomic E-state index is 12.8. The summed E-state index contributed by atoms with van der Waals surface area (Å²) in [7, 11) is 0. The minimum atomic E-state index is -1.13. The molecule has 1 fully saturated rings. The molecule has 3 N–H and O–H groups in total. The molecule has 0 aromatic heterocycles. The molecule has 1 aliphatic heterocycles. The number of amides is 2. The van der Waals surface area contributed by atoms with Crippen LogP contribution in [0.15, 0.2) is 48.5 Å². The van der Waals surface area contributed by atoms with Crippen molar-refractivity contribution in [2.24, 2.45) is 5.41 Å². The van der Waals surface area contributed by atoms with Crippen molar-refractivity contribution in [2.45, 2.75) is 31.7 Å². The Labute approximate surface area is 192 Å². The van der Waals surface area contributed by atoms with Gasteiger partial charge in [-0.1, -0.05) is 48.5 Å². The molecule has 0 bridgehead atoms. The summed E-state index contributed by atoms with van der Waals surface area (Å²) in [4.78, 5) is 36.5. The first-order chi connectivity index (χ1) is 15.9. The molecular weight excluding hydrogens is 424 g/mol. The molecule has 1 saturated heterocycles. The molecule has 1 aliphatic carbocycles. The van der Waals surface area contributed by atoms with E-state index in [4.69, 9.17) is 14.6 Å². The standard InChI is InChI=1S/C25H28N2O6/c1-16(22(28)29)27-23(30)25(11-6-12-32-15-25)14-26-24(31)33-13-21-19-9-4-2-7-17(19)18-8-3-5-10-20(18)21/h2-5,7-10,16,21H,6,11-15H2,1H3,(H,26,31)(H,27,30)(H,28,29)/t16-,25?/m1/s1. The van der Waals surface area contributed by atoms with Gasteiger partial charge in [-0.05, 0) is 42.0 Å². The number of hydrogen-bond acceptors (Lipinski definition) is 5. The molecule has 2 atom stereocenters. The van der Waals surface area contributed by atoms with Gasteiger partial charge in [-0.15, -0.1) is 0 Å². The lowest BCUT2D eigenvalue weighted by atomic mass is 9.81. The monoisotopic (exact) mass is 452 g/mol. The molecule has 0 radical (unpaired) electrons. The van der Waals surface area contributed by atoms with Crippen molar-refractivity contribution in [1.29, 1.82) is 0 Å². The molecule has 2 amide bonds. The number of carboxylic acid groups (broad SMARTS) is 1. The Kier molecular flexibility index (Phi) is 6.65. The Bertz CT molecular complexity index is 1000. The third-order valence-electron chi connectivity index (χ3n) is 6.44. The van der Waals surface area contributed by atoms with Crippen LogP contribution in [0.3, 0.4) is 0 Å². The predicted octanol–water partition coefficient (Wildman–Crippen LogP) is 2.91. The normalized spacial score (nSPS) is 20.3. The van der Waals surface area contributed by atoms with Crippen LogP contribution in [-0.4, -0.2) is 55.5 Å². The number of carboxylic acids is 1. The average Bonchev–Trinajstić information content (AvgIpc) is 3.15. The van der Waals surface area contributed by atoms with Crippen LogP contribution in [-0.2, 0) is 19.1 Å². The van der Waals surface area contributed by atoms with Crippen molar-refractivity contribution in [3.8, 4) is 11.1 Å². The summed E-state index contributed by atoms with van der Waals surface area (Å²) in [5.41, 5.74) is 3.48. The average molecular weight is 453 g/mol. The summed E-state index contributed by atoms with van der Waals surface area (Å²) >= 11 is 0. The Morgan fingerprint density at radius 1 is 1.12 bits per heavy atom. The Morgan fingerprint density at radius 3 is 2.33 bits per heavy atom. The van der Waals surface area contributed by atoms with Gasteiger partial charge in [0.1, 0.15) is 12.6 Å². The summed E-state index contributed by atoms with van der Waals surface area (Å²) in [5.74, 6) is -1.63. The Morgan fingerprint density at radius 2 is 1.76 bits per heavy atom. The van der Waals surface area contributed by atoms with Gasteiger partial charge in [0.2, 0.25) is 5.91 Å². The van der Waals surface area contributed by atoms with Crippen LogP contribution in [0.25, 0.3) is 11.1 Å². The molecule has 174 valence electrons. The minimum absolute atomic E-state index is 0.00183. The predicted molar refractivity (Wildman–Crippen MR) is 121 cm³/mol. The molecule has 0 saturated carbocycles. The van der Waals surface area contributed by atoms with E-state index in [1.165, 1.54) is 6.92 Å². The topological polar surface area (TPSA) is 114 Å². The van der Waals surface area contributed by atoms with Crippen LogP contribution < -0.4 is 10.6 Å². The lowest BCUT2D eigenvalue weighted by Crippen LogP contribution is -2.55. The number of rotatable bonds is 7. The molecular formula is C25H28N2O6. The van der Waals surface area contributed by atoms with E-state index in [0.717, 1.165) is 22.3 Å². The van der Waals surface area contributed by atoms with E-state index in [0.29, 0.717) is 19.4 Å². The molecule has 8 heteroatoms. The highest BCUT2D eigenvalue weighted by atomic mass is 16.5. The highest BCUT2D eigenvalue weighted by molar-refractivity contribution is 5.88. The van der Waals surface area contributed by atoms with E-state index in [9.17, 15) is 14.4 Å². The summed E-state index contributed by atoms with van der Waals surface area (Å²) in [6.45, 7) is 2.20. The van der Waals surface area contributed by atoms with Crippen LogP contribution in [0.5, 0.6) is 0 Å². The second kappa shape index (κ2) is 9.62. The van der Waals surface area contributed by atoms with E-state index >= 15 is 0 Å². The van der Waals surface area contributed by atoms with Gasteiger partial charge in [0.15, 0.2) is 0 Å². The second-order valence-electron chi connectivity index (χ2n) is 8.65. The van der Waals surface area contributed by atoms with Gasteiger partial charge in [0.05, 0.1) is 12.0 Å². The fourth-order valence-electron chi connectivity index (χ4n) is 4.55. The zero-order chi connectivity index (χ0) is 23.4. The van der Waals surface area contributed by atoms with E-state index in [-0.39, 0.29) is 25.7 Å². The van der Waals surface area contributed by atoms with Crippen LogP contribution in [0.4, 0.5) is 4.79 Å². The van der Waals surface area contributed by atoms with E-state index < -0.39 is 29.4 Å². The Hall–Kier alpha value is -3.39. The van der Waals surface area contributed by atoms with Crippen molar-refractivity contribution < 1.29 is 29.0 Å². The molecule has 8 nitrogen and oxygen atoms in total. The number of fused-ring (bicyclic) bond motifs is 3. The molecule has 2 aliphatic rings. The number of hydrogen-bond donors (Lipinski definition) is 3. The lowest BCUT2D eigenvalue weighted by Gasteiger charge is -2.36. The van der Waals surface area contributed by atoms with Crippen molar-refractivity contribution in [3.05, 3.63) is 59.7 Å². The van der Waals surface area contributed by atoms with E-state index in [1.54, 1.807) is 0 Å². The highest BCUT2D eigenvalue weighted by Crippen LogP contribution is 2.44. The van der Waals surface area contributed by atoms with Crippen LogP contribution in [0.1, 0.15) is 36.8 Å². The fraction of sp³-hybridized carbons (Fsp3) is 0.400. The number of alkyl carbamates (subject to hydrolysis) is 1. The first kappa shape index (κ1) is 22.8. The maximum absolute atomic E-state index is 12.8. The van der Waals surface area contributed by atoms with Crippen molar-refractivity contribution in [2.75, 3.05) is 26.4 Å². The van der Waals surface area contributed by atoms with Crippen molar-refractivity contribution in [3.63, 3.8) is 0 Å². The van der Waals surface area contributed by atoms with Gasteiger partial charge in [-0.25, -0.2) is 4.79 Å². The summed E-state index contributed by atoms with van der Waals surface area (Å²) in [6.07, 6.45) is 0.497. The second-order valence-corrected chi connectivity index (χ2v) is 8.65. The first-order valence-electron chi connectivity index (χ1n) is 11.1. The number of nitrogens with one attached hydrogen (secondary N) is 2. The van der Waals surface area contributed by atoms with Gasteiger partial charge < -0.3 is 25.2 Å². The smallest absolute Gasteiger partial charge is 0.407 e. The molecule has 1 heterocycles. The number of aliphatic carboxylic acids is 1. The van der Waals surface area contributed by atoms with Crippen LogP contribution in [0, 0.1) is 5.41 Å². The third kappa shape index (κ3) is 4.71. The van der Waals surface area contributed by atoms with Gasteiger partial charge in [-0.2, -0.15) is 0 Å².